The number of nitrogen functional groups attached to an aromatic ring is 1. The van der Waals surface area contributed by atoms with Crippen LogP contribution in [0.2, 0.25) is 0 Å². The van der Waals surface area contributed by atoms with Gasteiger partial charge in [-0.1, -0.05) is 0 Å². The fourth-order valence-corrected chi connectivity index (χ4v) is 2.12. The lowest BCUT2D eigenvalue weighted by atomic mass is 9.96. The molecule has 16 heavy (non-hydrogen) atoms. The van der Waals surface area contributed by atoms with E-state index in [0.29, 0.717) is 17.8 Å². The minimum absolute atomic E-state index is 0.322. The molecule has 0 aliphatic carbocycles. The smallest absolute Gasteiger partial charge is 0.152 e. The highest BCUT2D eigenvalue weighted by Crippen LogP contribution is 2.23. The Balaban J connectivity index is 2.26. The molecule has 0 atom stereocenters. The topological polar surface area (TPSA) is 46.3 Å². The standard InChI is InChI=1S/C12H15FN2O/c13-2-4-15-3-1-9-5-11(8-16)12(14)6-10(9)7-15/h5-6,8H,1-4,7,14H2. The van der Waals surface area contributed by atoms with E-state index in [0.717, 1.165) is 36.9 Å². The number of halogens is 1. The second-order valence-corrected chi connectivity index (χ2v) is 4.08. The Labute approximate surface area is 94.0 Å². The third-order valence-corrected chi connectivity index (χ3v) is 3.02. The van der Waals surface area contributed by atoms with Gasteiger partial charge in [-0.2, -0.15) is 0 Å². The maximum Gasteiger partial charge on any atom is 0.152 e. The fraction of sp³-hybridized carbons (Fsp3) is 0.417. The zero-order chi connectivity index (χ0) is 11.5. The van der Waals surface area contributed by atoms with E-state index in [2.05, 4.69) is 4.90 Å². The quantitative estimate of drug-likeness (QED) is 0.621. The van der Waals surface area contributed by atoms with Crippen molar-refractivity contribution in [2.45, 2.75) is 13.0 Å². The van der Waals surface area contributed by atoms with Crippen LogP contribution in [0.15, 0.2) is 12.1 Å². The van der Waals surface area contributed by atoms with Crippen molar-refractivity contribution in [3.05, 3.63) is 28.8 Å². The lowest BCUT2D eigenvalue weighted by molar-refractivity contribution is 0.112. The highest BCUT2D eigenvalue weighted by Gasteiger charge is 2.17. The molecule has 1 aliphatic heterocycles. The van der Waals surface area contributed by atoms with Gasteiger partial charge in [0.1, 0.15) is 6.67 Å². The number of carbonyl (C=O) groups is 1. The first-order valence-electron chi connectivity index (χ1n) is 5.39. The summed E-state index contributed by atoms with van der Waals surface area (Å²) in [6, 6.07) is 3.69. The molecule has 0 saturated heterocycles. The van der Waals surface area contributed by atoms with Crippen LogP contribution in [0.4, 0.5) is 10.1 Å². The van der Waals surface area contributed by atoms with Crippen LogP contribution >= 0.6 is 0 Å². The van der Waals surface area contributed by atoms with Crippen molar-refractivity contribution in [3.63, 3.8) is 0 Å². The molecule has 3 nitrogen and oxygen atoms in total. The lowest BCUT2D eigenvalue weighted by Gasteiger charge is -2.28. The Bertz CT molecular complexity index is 406. The molecule has 2 N–H and O–H groups in total. The second kappa shape index (κ2) is 4.61. The summed E-state index contributed by atoms with van der Waals surface area (Å²) in [5.74, 6) is 0. The van der Waals surface area contributed by atoms with Gasteiger partial charge in [-0.15, -0.1) is 0 Å². The first-order valence-corrected chi connectivity index (χ1v) is 5.39. The molecule has 0 fully saturated rings. The van der Waals surface area contributed by atoms with Crippen LogP contribution in [-0.4, -0.2) is 31.0 Å². The number of aldehydes is 1. The van der Waals surface area contributed by atoms with Crippen molar-refractivity contribution >= 4 is 12.0 Å². The van der Waals surface area contributed by atoms with Crippen molar-refractivity contribution < 1.29 is 9.18 Å². The molecule has 0 saturated carbocycles. The Morgan fingerprint density at radius 1 is 1.44 bits per heavy atom. The lowest BCUT2D eigenvalue weighted by Crippen LogP contribution is -2.32. The van der Waals surface area contributed by atoms with Crippen LogP contribution in [-0.2, 0) is 13.0 Å². The second-order valence-electron chi connectivity index (χ2n) is 4.08. The van der Waals surface area contributed by atoms with E-state index in [1.165, 1.54) is 0 Å². The van der Waals surface area contributed by atoms with Crippen molar-refractivity contribution in [3.8, 4) is 0 Å². The highest BCUT2D eigenvalue weighted by atomic mass is 19.1. The molecule has 2 rings (SSSR count). The van der Waals surface area contributed by atoms with Crippen LogP contribution in [0.3, 0.4) is 0 Å². The normalized spacial score (nSPS) is 15.8. The summed E-state index contributed by atoms with van der Waals surface area (Å²) >= 11 is 0. The van der Waals surface area contributed by atoms with E-state index in [-0.39, 0.29) is 6.67 Å². The Morgan fingerprint density at radius 3 is 2.94 bits per heavy atom. The third-order valence-electron chi connectivity index (χ3n) is 3.02. The summed E-state index contributed by atoms with van der Waals surface area (Å²) in [6.07, 6.45) is 1.64. The predicted octanol–water partition coefficient (Wildman–Crippen LogP) is 1.41. The summed E-state index contributed by atoms with van der Waals surface area (Å²) in [6.45, 7) is 1.72. The van der Waals surface area contributed by atoms with E-state index in [9.17, 15) is 9.18 Å². The minimum atomic E-state index is -0.322. The van der Waals surface area contributed by atoms with Gasteiger partial charge >= 0.3 is 0 Å². The molecule has 1 heterocycles. The maximum atomic E-state index is 12.2. The number of nitrogens with zero attached hydrogens (tertiary/aromatic N) is 1. The van der Waals surface area contributed by atoms with Crippen LogP contribution in [0.25, 0.3) is 0 Å². The van der Waals surface area contributed by atoms with Crippen molar-refractivity contribution in [2.75, 3.05) is 25.5 Å². The molecule has 1 aromatic rings. The number of hydrogen-bond donors (Lipinski definition) is 1. The van der Waals surface area contributed by atoms with Crippen LogP contribution < -0.4 is 5.73 Å². The third kappa shape index (κ3) is 2.07. The number of nitrogens with two attached hydrogens (primary N) is 1. The number of hydrogen-bond acceptors (Lipinski definition) is 3. The van der Waals surface area contributed by atoms with Crippen LogP contribution in [0.1, 0.15) is 21.5 Å². The number of carbonyl (C=O) groups excluding carboxylic acids is 1. The van der Waals surface area contributed by atoms with Crippen molar-refractivity contribution in [1.29, 1.82) is 0 Å². The van der Waals surface area contributed by atoms with Gasteiger partial charge in [0, 0.05) is 30.9 Å². The molecule has 1 aliphatic rings. The van der Waals surface area contributed by atoms with Gasteiger partial charge in [0.15, 0.2) is 6.29 Å². The largest absolute Gasteiger partial charge is 0.398 e. The number of alkyl halides is 1. The summed E-state index contributed by atoms with van der Waals surface area (Å²) in [5, 5.41) is 0. The zero-order valence-corrected chi connectivity index (χ0v) is 9.08. The molecule has 0 amide bonds. The fourth-order valence-electron chi connectivity index (χ4n) is 2.12. The summed E-state index contributed by atoms with van der Waals surface area (Å²) in [7, 11) is 0. The Hall–Kier alpha value is -1.42. The van der Waals surface area contributed by atoms with E-state index in [1.807, 2.05) is 12.1 Å². The Morgan fingerprint density at radius 2 is 2.25 bits per heavy atom. The molecule has 0 radical (unpaired) electrons. The van der Waals surface area contributed by atoms with Gasteiger partial charge in [-0.25, -0.2) is 4.39 Å². The molecule has 1 aromatic carbocycles. The molecule has 0 aromatic heterocycles. The molecular formula is C12H15FN2O. The first-order chi connectivity index (χ1) is 7.74. The number of anilines is 1. The summed E-state index contributed by atoms with van der Waals surface area (Å²) < 4.78 is 12.2. The highest BCUT2D eigenvalue weighted by molar-refractivity contribution is 5.84. The average molecular weight is 222 g/mol. The SMILES string of the molecule is Nc1cc2c(cc1C=O)CCN(CCF)C2. The van der Waals surface area contributed by atoms with Crippen molar-refractivity contribution in [2.24, 2.45) is 0 Å². The monoisotopic (exact) mass is 222 g/mol. The first kappa shape index (κ1) is 11.1. The predicted molar refractivity (Wildman–Crippen MR) is 61.2 cm³/mol. The van der Waals surface area contributed by atoms with Gasteiger partial charge < -0.3 is 5.73 Å². The minimum Gasteiger partial charge on any atom is -0.398 e. The molecular weight excluding hydrogens is 207 g/mol. The molecule has 0 bridgehead atoms. The van der Waals surface area contributed by atoms with Crippen LogP contribution in [0.5, 0.6) is 0 Å². The van der Waals surface area contributed by atoms with Gasteiger partial charge in [-0.3, -0.25) is 9.69 Å². The van der Waals surface area contributed by atoms with Gasteiger partial charge in [0.25, 0.3) is 0 Å². The Kier molecular flexibility index (Phi) is 3.19. The van der Waals surface area contributed by atoms with E-state index < -0.39 is 0 Å². The molecule has 86 valence electrons. The number of rotatable bonds is 3. The average Bonchev–Trinajstić information content (AvgIpc) is 2.28. The maximum absolute atomic E-state index is 12.2. The van der Waals surface area contributed by atoms with E-state index >= 15 is 0 Å². The molecule has 0 spiro atoms. The molecule has 4 heteroatoms. The van der Waals surface area contributed by atoms with Crippen LogP contribution in [0, 0.1) is 0 Å². The summed E-state index contributed by atoms with van der Waals surface area (Å²) in [5.41, 5.74) is 9.09. The van der Waals surface area contributed by atoms with Gasteiger partial charge in [0.05, 0.1) is 0 Å². The summed E-state index contributed by atoms with van der Waals surface area (Å²) in [4.78, 5) is 12.8. The van der Waals surface area contributed by atoms with E-state index in [1.54, 1.807) is 0 Å². The number of fused-ring (bicyclic) bond motifs is 1. The van der Waals surface area contributed by atoms with Crippen molar-refractivity contribution in [1.82, 2.24) is 4.90 Å². The van der Waals surface area contributed by atoms with Gasteiger partial charge in [0.2, 0.25) is 0 Å². The molecule has 0 unspecified atom stereocenters. The zero-order valence-electron chi connectivity index (χ0n) is 9.08. The number of benzene rings is 1. The van der Waals surface area contributed by atoms with E-state index in [4.69, 9.17) is 5.73 Å². The van der Waals surface area contributed by atoms with Gasteiger partial charge in [-0.05, 0) is 29.7 Å².